The van der Waals surface area contributed by atoms with Gasteiger partial charge in [0.2, 0.25) is 0 Å². The zero-order valence-corrected chi connectivity index (χ0v) is 21.7. The molecular formula is C31H36N2O2. The standard InChI is InChI=1S/C31H36N2O2/c1-21-7-16-29-25(17-21)18-26(30(34)32-29)20-33(22(2)24-10-14-28(35-6)15-11-24)19-23-8-12-27(13-9-23)31(3,4)5/h7-18,22H,19-20H2,1-6H3,(H,32,34). The first-order chi connectivity index (χ1) is 16.6. The Kier molecular flexibility index (Phi) is 7.13. The van der Waals surface area contributed by atoms with E-state index >= 15 is 0 Å². The first kappa shape index (κ1) is 24.7. The lowest BCUT2D eigenvalue weighted by Gasteiger charge is -2.30. The van der Waals surface area contributed by atoms with Crippen LogP contribution in [0.1, 0.15) is 61.6 Å². The molecule has 3 aromatic carbocycles. The molecule has 0 bridgehead atoms. The van der Waals surface area contributed by atoms with E-state index in [1.807, 2.05) is 30.3 Å². The van der Waals surface area contributed by atoms with Crippen LogP contribution in [0, 0.1) is 6.92 Å². The number of nitrogens with one attached hydrogen (secondary N) is 1. The predicted octanol–water partition coefficient (Wildman–Crippen LogP) is 6.91. The molecule has 4 nitrogen and oxygen atoms in total. The Balaban J connectivity index is 1.68. The van der Waals surface area contributed by atoms with Crippen molar-refractivity contribution in [2.45, 2.75) is 59.2 Å². The number of aromatic amines is 1. The number of H-pyrrole nitrogens is 1. The summed E-state index contributed by atoms with van der Waals surface area (Å²) in [7, 11) is 1.68. The maximum Gasteiger partial charge on any atom is 0.252 e. The van der Waals surface area contributed by atoms with Crippen LogP contribution in [0.5, 0.6) is 5.75 Å². The summed E-state index contributed by atoms with van der Waals surface area (Å²) in [4.78, 5) is 18.4. The zero-order valence-electron chi connectivity index (χ0n) is 21.7. The van der Waals surface area contributed by atoms with Crippen LogP contribution in [0.25, 0.3) is 10.9 Å². The van der Waals surface area contributed by atoms with Crippen molar-refractivity contribution in [3.05, 3.63) is 111 Å². The van der Waals surface area contributed by atoms with Gasteiger partial charge < -0.3 is 9.72 Å². The molecule has 0 aliphatic heterocycles. The van der Waals surface area contributed by atoms with Crippen LogP contribution < -0.4 is 10.3 Å². The van der Waals surface area contributed by atoms with Gasteiger partial charge in [-0.1, -0.05) is 68.8 Å². The van der Waals surface area contributed by atoms with E-state index in [0.717, 1.165) is 28.8 Å². The number of benzene rings is 3. The smallest absolute Gasteiger partial charge is 0.252 e. The van der Waals surface area contributed by atoms with Gasteiger partial charge in [-0.3, -0.25) is 9.69 Å². The Morgan fingerprint density at radius 1 is 0.914 bits per heavy atom. The summed E-state index contributed by atoms with van der Waals surface area (Å²) in [6.45, 7) is 12.2. The summed E-state index contributed by atoms with van der Waals surface area (Å²) < 4.78 is 5.35. The molecule has 35 heavy (non-hydrogen) atoms. The molecule has 0 spiro atoms. The normalized spacial score (nSPS) is 12.8. The molecule has 1 atom stereocenters. The van der Waals surface area contributed by atoms with Gasteiger partial charge in [-0.05, 0) is 71.7 Å². The van der Waals surface area contributed by atoms with Gasteiger partial charge in [0.15, 0.2) is 0 Å². The molecule has 4 aromatic rings. The maximum atomic E-state index is 13.0. The highest BCUT2D eigenvalue weighted by molar-refractivity contribution is 5.79. The second-order valence-electron chi connectivity index (χ2n) is 10.5. The van der Waals surface area contributed by atoms with Crippen molar-refractivity contribution < 1.29 is 4.74 Å². The number of aromatic nitrogens is 1. The number of fused-ring (bicyclic) bond motifs is 1. The quantitative estimate of drug-likeness (QED) is 0.321. The molecule has 0 radical (unpaired) electrons. The van der Waals surface area contributed by atoms with Crippen molar-refractivity contribution in [1.82, 2.24) is 9.88 Å². The number of methoxy groups -OCH3 is 1. The lowest BCUT2D eigenvalue weighted by Crippen LogP contribution is -2.29. The van der Waals surface area contributed by atoms with Crippen LogP contribution in [0.2, 0.25) is 0 Å². The van der Waals surface area contributed by atoms with Gasteiger partial charge >= 0.3 is 0 Å². The number of rotatable bonds is 7. The van der Waals surface area contributed by atoms with Crippen molar-refractivity contribution in [2.75, 3.05) is 7.11 Å². The van der Waals surface area contributed by atoms with E-state index in [4.69, 9.17) is 4.74 Å². The van der Waals surface area contributed by atoms with E-state index in [2.05, 4.69) is 87.0 Å². The highest BCUT2D eigenvalue weighted by Gasteiger charge is 2.20. The Morgan fingerprint density at radius 3 is 2.23 bits per heavy atom. The third kappa shape index (κ3) is 5.83. The van der Waals surface area contributed by atoms with E-state index in [0.29, 0.717) is 6.54 Å². The maximum absolute atomic E-state index is 13.0. The highest BCUT2D eigenvalue weighted by atomic mass is 16.5. The molecule has 0 amide bonds. The molecule has 0 aliphatic carbocycles. The number of nitrogens with zero attached hydrogens (tertiary/aromatic N) is 1. The van der Waals surface area contributed by atoms with Crippen molar-refractivity contribution in [1.29, 1.82) is 0 Å². The zero-order chi connectivity index (χ0) is 25.2. The van der Waals surface area contributed by atoms with Gasteiger partial charge in [0.1, 0.15) is 5.75 Å². The second-order valence-corrected chi connectivity index (χ2v) is 10.5. The molecule has 1 N–H and O–H groups in total. The molecule has 0 aliphatic rings. The number of ether oxygens (including phenoxy) is 1. The van der Waals surface area contributed by atoms with Gasteiger partial charge in [-0.15, -0.1) is 0 Å². The highest BCUT2D eigenvalue weighted by Crippen LogP contribution is 2.28. The first-order valence-corrected chi connectivity index (χ1v) is 12.2. The lowest BCUT2D eigenvalue weighted by molar-refractivity contribution is 0.191. The Bertz CT molecular complexity index is 1350. The molecule has 182 valence electrons. The van der Waals surface area contributed by atoms with Crippen molar-refractivity contribution in [3.8, 4) is 5.75 Å². The molecule has 1 aromatic heterocycles. The van der Waals surface area contributed by atoms with E-state index in [-0.39, 0.29) is 17.0 Å². The molecule has 0 fully saturated rings. The lowest BCUT2D eigenvalue weighted by atomic mass is 9.86. The Morgan fingerprint density at radius 2 is 1.60 bits per heavy atom. The topological polar surface area (TPSA) is 45.3 Å². The number of aryl methyl sites for hydroxylation is 1. The summed E-state index contributed by atoms with van der Waals surface area (Å²) in [6.07, 6.45) is 0. The fourth-order valence-corrected chi connectivity index (χ4v) is 4.48. The summed E-state index contributed by atoms with van der Waals surface area (Å²) in [5.74, 6) is 0.839. The predicted molar refractivity (Wildman–Crippen MR) is 145 cm³/mol. The average molecular weight is 469 g/mol. The van der Waals surface area contributed by atoms with Crippen molar-refractivity contribution in [2.24, 2.45) is 0 Å². The fraction of sp³-hybridized carbons (Fsp3) is 0.323. The van der Waals surface area contributed by atoms with Crippen molar-refractivity contribution >= 4 is 10.9 Å². The fourth-order valence-electron chi connectivity index (χ4n) is 4.48. The van der Waals surface area contributed by atoms with E-state index in [1.165, 1.54) is 22.3 Å². The number of pyridine rings is 1. The monoisotopic (exact) mass is 468 g/mol. The third-order valence-corrected chi connectivity index (χ3v) is 6.80. The van der Waals surface area contributed by atoms with Gasteiger partial charge in [0.05, 0.1) is 7.11 Å². The Labute approximate surface area is 208 Å². The van der Waals surface area contributed by atoms with E-state index in [9.17, 15) is 4.79 Å². The minimum Gasteiger partial charge on any atom is -0.497 e. The van der Waals surface area contributed by atoms with Gasteiger partial charge in [-0.2, -0.15) is 0 Å². The minimum atomic E-state index is -0.0311. The van der Waals surface area contributed by atoms with Crippen LogP contribution in [0.4, 0.5) is 0 Å². The molecule has 4 rings (SSSR count). The van der Waals surface area contributed by atoms with Gasteiger partial charge in [0.25, 0.3) is 5.56 Å². The average Bonchev–Trinajstić information content (AvgIpc) is 2.83. The second kappa shape index (κ2) is 10.1. The number of hydrogen-bond acceptors (Lipinski definition) is 3. The van der Waals surface area contributed by atoms with E-state index in [1.54, 1.807) is 7.11 Å². The summed E-state index contributed by atoms with van der Waals surface area (Å²) in [5.41, 5.74) is 6.64. The first-order valence-electron chi connectivity index (χ1n) is 12.2. The molecule has 0 saturated carbocycles. The Hall–Kier alpha value is -3.37. The molecule has 0 saturated heterocycles. The third-order valence-electron chi connectivity index (χ3n) is 6.80. The van der Waals surface area contributed by atoms with Gasteiger partial charge in [-0.25, -0.2) is 0 Å². The number of hydrogen-bond donors (Lipinski definition) is 1. The molecule has 1 heterocycles. The molecule has 4 heteroatoms. The van der Waals surface area contributed by atoms with Crippen LogP contribution in [-0.4, -0.2) is 17.0 Å². The van der Waals surface area contributed by atoms with Crippen LogP contribution >= 0.6 is 0 Å². The van der Waals surface area contributed by atoms with Gasteiger partial charge in [0, 0.05) is 30.2 Å². The van der Waals surface area contributed by atoms with Crippen LogP contribution in [0.15, 0.2) is 77.6 Å². The summed E-state index contributed by atoms with van der Waals surface area (Å²) in [6, 6.07) is 25.3. The minimum absolute atomic E-state index is 0.0311. The summed E-state index contributed by atoms with van der Waals surface area (Å²) in [5, 5.41) is 1.06. The van der Waals surface area contributed by atoms with E-state index < -0.39 is 0 Å². The largest absolute Gasteiger partial charge is 0.497 e. The van der Waals surface area contributed by atoms with Crippen LogP contribution in [-0.2, 0) is 18.5 Å². The van der Waals surface area contributed by atoms with Crippen LogP contribution in [0.3, 0.4) is 0 Å². The molecular weight excluding hydrogens is 432 g/mol. The molecule has 1 unspecified atom stereocenters. The van der Waals surface area contributed by atoms with Crippen molar-refractivity contribution in [3.63, 3.8) is 0 Å². The summed E-state index contributed by atoms with van der Waals surface area (Å²) >= 11 is 0. The SMILES string of the molecule is COc1ccc(C(C)N(Cc2ccc(C(C)(C)C)cc2)Cc2cc3cc(C)ccc3[nH]c2=O)cc1.